The average Bonchev–Trinajstić information content (AvgIpc) is 3.07. The molecule has 1 aliphatic carbocycles. The number of imidazole rings is 1. The van der Waals surface area contributed by atoms with Gasteiger partial charge in [0.2, 0.25) is 0 Å². The molecule has 3 rings (SSSR count). The van der Waals surface area contributed by atoms with Crippen LogP contribution >= 0.6 is 0 Å². The second-order valence-corrected chi connectivity index (χ2v) is 5.91. The van der Waals surface area contributed by atoms with Gasteiger partial charge in [0.05, 0.1) is 0 Å². The maximum Gasteiger partial charge on any atom is 0.126 e. The Balaban J connectivity index is 1.73. The fourth-order valence-corrected chi connectivity index (χ4v) is 2.88. The zero-order chi connectivity index (χ0) is 15.0. The van der Waals surface area contributed by atoms with Crippen LogP contribution in [0.4, 0.5) is 8.78 Å². The van der Waals surface area contributed by atoms with Crippen LogP contribution in [-0.2, 0) is 12.1 Å². The van der Waals surface area contributed by atoms with Crippen LogP contribution in [0.25, 0.3) is 0 Å². The molecule has 0 bridgehead atoms. The van der Waals surface area contributed by atoms with E-state index in [2.05, 4.69) is 21.8 Å². The summed E-state index contributed by atoms with van der Waals surface area (Å²) in [7, 11) is 0. The van der Waals surface area contributed by atoms with Crippen molar-refractivity contribution >= 4 is 0 Å². The van der Waals surface area contributed by atoms with Crippen molar-refractivity contribution in [2.24, 2.45) is 0 Å². The minimum atomic E-state index is -0.517. The highest BCUT2D eigenvalue weighted by Gasteiger charge is 2.45. The molecule has 0 amide bonds. The molecule has 112 valence electrons. The average molecular weight is 291 g/mol. The Bertz CT molecular complexity index is 626. The van der Waals surface area contributed by atoms with Gasteiger partial charge in [-0.05, 0) is 44.4 Å². The number of aromatic nitrogens is 2. The number of halogens is 2. The summed E-state index contributed by atoms with van der Waals surface area (Å²) < 4.78 is 28.9. The topological polar surface area (TPSA) is 29.9 Å². The summed E-state index contributed by atoms with van der Waals surface area (Å²) in [5, 5.41) is 3.52. The molecule has 2 aromatic rings. The van der Waals surface area contributed by atoms with Gasteiger partial charge in [0.15, 0.2) is 0 Å². The number of rotatable bonds is 5. The Hall–Kier alpha value is -1.75. The monoisotopic (exact) mass is 291 g/mol. The third kappa shape index (κ3) is 2.97. The second-order valence-electron chi connectivity index (χ2n) is 5.91. The molecular weight excluding hydrogens is 272 g/mol. The Labute approximate surface area is 123 Å². The molecule has 0 spiro atoms. The first-order chi connectivity index (χ1) is 9.98. The molecule has 0 radical (unpaired) electrons. The van der Waals surface area contributed by atoms with Crippen LogP contribution < -0.4 is 5.32 Å². The van der Waals surface area contributed by atoms with Gasteiger partial charge in [0, 0.05) is 36.6 Å². The second kappa shape index (κ2) is 5.22. The molecule has 1 aromatic heterocycles. The zero-order valence-electron chi connectivity index (χ0n) is 12.2. The van der Waals surface area contributed by atoms with Crippen molar-refractivity contribution in [2.75, 3.05) is 0 Å². The highest BCUT2D eigenvalue weighted by atomic mass is 19.1. The van der Waals surface area contributed by atoms with Gasteiger partial charge in [-0.1, -0.05) is 0 Å². The summed E-state index contributed by atoms with van der Waals surface area (Å²) in [5.74, 6) is -0.0716. The number of hydrogen-bond acceptors (Lipinski definition) is 2. The van der Waals surface area contributed by atoms with Gasteiger partial charge in [-0.15, -0.1) is 0 Å². The molecule has 0 aliphatic heterocycles. The molecule has 1 aromatic carbocycles. The van der Waals surface area contributed by atoms with Crippen molar-refractivity contribution in [1.29, 1.82) is 0 Å². The quantitative estimate of drug-likeness (QED) is 0.917. The molecular formula is C16H19F2N3. The molecule has 0 unspecified atom stereocenters. The fraction of sp³-hybridized carbons (Fsp3) is 0.438. The molecule has 0 saturated heterocycles. The Morgan fingerprint density at radius 2 is 1.95 bits per heavy atom. The van der Waals surface area contributed by atoms with E-state index in [1.165, 1.54) is 12.1 Å². The summed E-state index contributed by atoms with van der Waals surface area (Å²) >= 11 is 0. The predicted octanol–water partition coefficient (Wildman–Crippen LogP) is 3.14. The van der Waals surface area contributed by atoms with Crippen molar-refractivity contribution in [1.82, 2.24) is 14.9 Å². The summed E-state index contributed by atoms with van der Waals surface area (Å²) in [6.07, 6.45) is 5.53. The summed E-state index contributed by atoms with van der Waals surface area (Å²) in [5.41, 5.74) is 0.422. The smallest absolute Gasteiger partial charge is 0.126 e. The first-order valence-electron chi connectivity index (χ1n) is 7.20. The van der Waals surface area contributed by atoms with Crippen LogP contribution in [0.5, 0.6) is 0 Å². The number of nitrogens with one attached hydrogen (secondary N) is 1. The lowest BCUT2D eigenvalue weighted by Crippen LogP contribution is -2.39. The third-order valence-electron chi connectivity index (χ3n) is 4.08. The SMILES string of the molecule is Cc1nccn1C[C@@H](C)NC1(c2cc(F)cc(F)c2)CC1. The summed E-state index contributed by atoms with van der Waals surface area (Å²) in [6, 6.07) is 3.96. The van der Waals surface area contributed by atoms with Crippen LogP contribution in [0, 0.1) is 18.6 Å². The predicted molar refractivity (Wildman–Crippen MR) is 76.8 cm³/mol. The number of benzene rings is 1. The van der Waals surface area contributed by atoms with E-state index < -0.39 is 11.6 Å². The Kier molecular flexibility index (Phi) is 3.53. The molecule has 5 heteroatoms. The normalized spacial score (nSPS) is 17.7. The highest BCUT2D eigenvalue weighted by Crippen LogP contribution is 2.46. The fourth-order valence-electron chi connectivity index (χ4n) is 2.88. The summed E-state index contributed by atoms with van der Waals surface area (Å²) in [4.78, 5) is 4.20. The minimum Gasteiger partial charge on any atom is -0.334 e. The zero-order valence-corrected chi connectivity index (χ0v) is 12.2. The van der Waals surface area contributed by atoms with E-state index in [0.29, 0.717) is 5.56 Å². The Morgan fingerprint density at radius 1 is 1.29 bits per heavy atom. The van der Waals surface area contributed by atoms with Gasteiger partial charge in [-0.2, -0.15) is 0 Å². The van der Waals surface area contributed by atoms with Crippen molar-refractivity contribution in [3.8, 4) is 0 Å². The van der Waals surface area contributed by atoms with E-state index in [-0.39, 0.29) is 11.6 Å². The number of nitrogens with zero attached hydrogens (tertiary/aromatic N) is 2. The lowest BCUT2D eigenvalue weighted by molar-refractivity contribution is 0.395. The van der Waals surface area contributed by atoms with Crippen LogP contribution in [0.15, 0.2) is 30.6 Å². The van der Waals surface area contributed by atoms with Crippen molar-refractivity contribution < 1.29 is 8.78 Å². The Morgan fingerprint density at radius 3 is 2.48 bits per heavy atom. The molecule has 1 N–H and O–H groups in total. The van der Waals surface area contributed by atoms with Gasteiger partial charge in [-0.25, -0.2) is 13.8 Å². The molecule has 1 fully saturated rings. The van der Waals surface area contributed by atoms with Gasteiger partial charge in [0.25, 0.3) is 0 Å². The minimum absolute atomic E-state index is 0.187. The summed E-state index contributed by atoms with van der Waals surface area (Å²) in [6.45, 7) is 4.82. The largest absolute Gasteiger partial charge is 0.334 e. The van der Waals surface area contributed by atoms with E-state index in [0.717, 1.165) is 31.3 Å². The molecule has 1 saturated carbocycles. The van der Waals surface area contributed by atoms with Crippen LogP contribution in [-0.4, -0.2) is 15.6 Å². The first-order valence-corrected chi connectivity index (χ1v) is 7.20. The van der Waals surface area contributed by atoms with Crippen LogP contribution in [0.3, 0.4) is 0 Å². The van der Waals surface area contributed by atoms with Crippen molar-refractivity contribution in [3.63, 3.8) is 0 Å². The van der Waals surface area contributed by atoms with E-state index in [9.17, 15) is 8.78 Å². The maximum atomic E-state index is 13.4. The van der Waals surface area contributed by atoms with Crippen molar-refractivity contribution in [2.45, 2.75) is 44.8 Å². The van der Waals surface area contributed by atoms with E-state index >= 15 is 0 Å². The van der Waals surface area contributed by atoms with E-state index in [1.807, 2.05) is 13.1 Å². The van der Waals surface area contributed by atoms with Gasteiger partial charge < -0.3 is 9.88 Å². The van der Waals surface area contributed by atoms with Crippen LogP contribution in [0.1, 0.15) is 31.2 Å². The third-order valence-corrected chi connectivity index (χ3v) is 4.08. The number of aryl methyl sites for hydroxylation is 1. The lowest BCUT2D eigenvalue weighted by Gasteiger charge is -2.24. The van der Waals surface area contributed by atoms with Gasteiger partial charge in [0.1, 0.15) is 17.5 Å². The van der Waals surface area contributed by atoms with Crippen LogP contribution in [0.2, 0.25) is 0 Å². The van der Waals surface area contributed by atoms with Crippen molar-refractivity contribution in [3.05, 3.63) is 53.6 Å². The molecule has 1 heterocycles. The molecule has 21 heavy (non-hydrogen) atoms. The van der Waals surface area contributed by atoms with E-state index in [1.54, 1.807) is 6.20 Å². The molecule has 3 nitrogen and oxygen atoms in total. The van der Waals surface area contributed by atoms with Gasteiger partial charge >= 0.3 is 0 Å². The standard InChI is InChI=1S/C16H19F2N3/c1-11(10-21-6-5-19-12(21)2)20-16(3-4-16)13-7-14(17)9-15(18)8-13/h5-9,11,20H,3-4,10H2,1-2H3/t11-/m1/s1. The maximum absolute atomic E-state index is 13.4. The number of hydrogen-bond donors (Lipinski definition) is 1. The molecule has 1 aliphatic rings. The highest BCUT2D eigenvalue weighted by molar-refractivity contribution is 5.31. The lowest BCUT2D eigenvalue weighted by atomic mass is 10.0. The molecule has 1 atom stereocenters. The van der Waals surface area contributed by atoms with E-state index in [4.69, 9.17) is 0 Å². The first kappa shape index (κ1) is 14.2. The van der Waals surface area contributed by atoms with Gasteiger partial charge in [-0.3, -0.25) is 0 Å².